The maximum Gasteiger partial charge on any atom is 0.305 e. The van der Waals surface area contributed by atoms with Gasteiger partial charge in [-0.3, -0.25) is 9.69 Å². The highest BCUT2D eigenvalue weighted by Gasteiger charge is 2.50. The minimum Gasteiger partial charge on any atom is -0.481 e. The van der Waals surface area contributed by atoms with Crippen LogP contribution in [-0.4, -0.2) is 34.6 Å². The maximum atomic E-state index is 11.2. The first-order valence-corrected chi connectivity index (χ1v) is 7.50. The van der Waals surface area contributed by atoms with Crippen LogP contribution >= 0.6 is 0 Å². The van der Waals surface area contributed by atoms with E-state index in [1.807, 2.05) is 0 Å². The average Bonchev–Trinajstić information content (AvgIpc) is 2.50. The Morgan fingerprint density at radius 1 is 1.22 bits per heavy atom. The van der Waals surface area contributed by atoms with Crippen molar-refractivity contribution in [3.05, 3.63) is 0 Å². The van der Waals surface area contributed by atoms with Gasteiger partial charge in [0.1, 0.15) is 0 Å². The number of rotatable bonds is 4. The number of likely N-dealkylation sites (tertiary alicyclic amines) is 1. The van der Waals surface area contributed by atoms with Crippen molar-refractivity contribution in [3.8, 4) is 0 Å². The number of hydrogen-bond donors (Lipinski definition) is 1. The number of carboxylic acids is 1. The van der Waals surface area contributed by atoms with E-state index in [1.165, 1.54) is 25.7 Å². The average molecular weight is 253 g/mol. The summed E-state index contributed by atoms with van der Waals surface area (Å²) in [7, 11) is 0. The van der Waals surface area contributed by atoms with Gasteiger partial charge in [0.05, 0.1) is 6.42 Å². The molecular weight excluding hydrogens is 226 g/mol. The Bertz CT molecular complexity index is 287. The molecule has 0 unspecified atom stereocenters. The summed E-state index contributed by atoms with van der Waals surface area (Å²) >= 11 is 0. The highest BCUT2D eigenvalue weighted by atomic mass is 16.4. The summed E-state index contributed by atoms with van der Waals surface area (Å²) in [6, 6.07) is 0. The van der Waals surface area contributed by atoms with Crippen LogP contribution in [0.1, 0.15) is 58.8 Å². The number of hydrogen-bond acceptors (Lipinski definition) is 2. The molecule has 3 heteroatoms. The van der Waals surface area contributed by atoms with Crippen LogP contribution < -0.4 is 0 Å². The second kappa shape index (κ2) is 5.60. The Kier molecular flexibility index (Phi) is 4.31. The van der Waals surface area contributed by atoms with Gasteiger partial charge in [-0.05, 0) is 50.6 Å². The molecule has 0 aromatic rings. The molecule has 18 heavy (non-hydrogen) atoms. The van der Waals surface area contributed by atoms with E-state index in [1.54, 1.807) is 0 Å². The molecule has 2 aliphatic rings. The summed E-state index contributed by atoms with van der Waals surface area (Å²) in [4.78, 5) is 13.7. The Morgan fingerprint density at radius 3 is 2.22 bits per heavy atom. The van der Waals surface area contributed by atoms with E-state index < -0.39 is 5.97 Å². The zero-order valence-electron chi connectivity index (χ0n) is 11.8. The zero-order valence-corrected chi connectivity index (χ0v) is 11.8. The maximum absolute atomic E-state index is 11.2. The van der Waals surface area contributed by atoms with Crippen molar-refractivity contribution >= 4 is 5.97 Å². The van der Waals surface area contributed by atoms with Crippen molar-refractivity contribution in [3.63, 3.8) is 0 Å². The summed E-state index contributed by atoms with van der Waals surface area (Å²) in [5.41, 5.74) is -0.00882. The predicted molar refractivity (Wildman–Crippen MR) is 72.6 cm³/mol. The van der Waals surface area contributed by atoms with Gasteiger partial charge >= 0.3 is 5.97 Å². The minimum absolute atomic E-state index is 0.00882. The van der Waals surface area contributed by atoms with E-state index in [-0.39, 0.29) is 5.54 Å². The number of carbonyl (C=O) groups is 1. The lowest BCUT2D eigenvalue weighted by Gasteiger charge is -2.55. The normalized spacial score (nSPS) is 34.1. The number of aliphatic carboxylic acids is 1. The molecule has 1 aliphatic heterocycles. The van der Waals surface area contributed by atoms with Crippen molar-refractivity contribution in [1.82, 2.24) is 4.90 Å². The van der Waals surface area contributed by atoms with Gasteiger partial charge in [0, 0.05) is 5.54 Å². The molecule has 0 bridgehead atoms. The molecule has 0 atom stereocenters. The summed E-state index contributed by atoms with van der Waals surface area (Å²) in [6.07, 6.45) is 7.64. The first kappa shape index (κ1) is 13.9. The smallest absolute Gasteiger partial charge is 0.305 e. The molecule has 1 heterocycles. The monoisotopic (exact) mass is 253 g/mol. The third-order valence-corrected chi connectivity index (χ3v) is 4.98. The fourth-order valence-corrected chi connectivity index (χ4v) is 3.73. The van der Waals surface area contributed by atoms with Gasteiger partial charge in [-0.25, -0.2) is 0 Å². The third kappa shape index (κ3) is 2.87. The minimum atomic E-state index is -0.624. The quantitative estimate of drug-likeness (QED) is 0.836. The molecule has 1 aliphatic carbocycles. The predicted octanol–water partition coefficient (Wildman–Crippen LogP) is 3.14. The topological polar surface area (TPSA) is 40.5 Å². The van der Waals surface area contributed by atoms with Crippen LogP contribution in [0.5, 0.6) is 0 Å². The number of carboxylic acid groups (broad SMARTS) is 1. The zero-order chi connectivity index (χ0) is 13.2. The van der Waals surface area contributed by atoms with Crippen LogP contribution in [0.2, 0.25) is 0 Å². The Morgan fingerprint density at radius 2 is 1.78 bits per heavy atom. The molecule has 2 rings (SSSR count). The third-order valence-electron chi connectivity index (χ3n) is 4.98. The summed E-state index contributed by atoms with van der Waals surface area (Å²) in [5, 5.41) is 9.21. The second-order valence-corrected chi connectivity index (χ2v) is 6.61. The standard InChI is InChI=1S/C15H27NO2/c1-12(2)13-9-15(10-13,11-14(17)18)16-7-5-3-4-6-8-16/h12-13H,3-11H2,1-2H3,(H,17,18). The van der Waals surface area contributed by atoms with Crippen molar-refractivity contribution < 1.29 is 9.90 Å². The van der Waals surface area contributed by atoms with Crippen LogP contribution in [0.25, 0.3) is 0 Å². The molecule has 1 saturated carbocycles. The van der Waals surface area contributed by atoms with Gasteiger partial charge < -0.3 is 5.11 Å². The van der Waals surface area contributed by atoms with Crippen molar-refractivity contribution in [1.29, 1.82) is 0 Å². The van der Waals surface area contributed by atoms with Crippen LogP contribution in [-0.2, 0) is 4.79 Å². The largest absolute Gasteiger partial charge is 0.481 e. The van der Waals surface area contributed by atoms with Gasteiger partial charge in [-0.15, -0.1) is 0 Å². The Labute approximate surface area is 111 Å². The van der Waals surface area contributed by atoms with E-state index >= 15 is 0 Å². The second-order valence-electron chi connectivity index (χ2n) is 6.61. The van der Waals surface area contributed by atoms with Crippen molar-refractivity contribution in [2.45, 2.75) is 64.3 Å². The molecule has 104 valence electrons. The van der Waals surface area contributed by atoms with Crippen LogP contribution in [0.3, 0.4) is 0 Å². The molecule has 1 N–H and O–H groups in total. The SMILES string of the molecule is CC(C)C1CC(CC(=O)O)(N2CCCCCC2)C1. The highest BCUT2D eigenvalue weighted by Crippen LogP contribution is 2.48. The Balaban J connectivity index is 2.03. The van der Waals surface area contributed by atoms with E-state index in [0.717, 1.165) is 31.8 Å². The summed E-state index contributed by atoms with van der Waals surface area (Å²) in [5.74, 6) is 0.799. The van der Waals surface area contributed by atoms with Crippen LogP contribution in [0.4, 0.5) is 0 Å². The van der Waals surface area contributed by atoms with Crippen molar-refractivity contribution in [2.24, 2.45) is 11.8 Å². The molecule has 1 saturated heterocycles. The molecule has 0 spiro atoms. The fraction of sp³-hybridized carbons (Fsp3) is 0.933. The molecule has 0 radical (unpaired) electrons. The molecule has 0 aromatic carbocycles. The molecule has 0 amide bonds. The van der Waals surface area contributed by atoms with Gasteiger partial charge in [0.2, 0.25) is 0 Å². The molecular formula is C15H27NO2. The summed E-state index contributed by atoms with van der Waals surface area (Å²) in [6.45, 7) is 6.74. The van der Waals surface area contributed by atoms with Crippen LogP contribution in [0, 0.1) is 11.8 Å². The van der Waals surface area contributed by atoms with Gasteiger partial charge in [-0.2, -0.15) is 0 Å². The van der Waals surface area contributed by atoms with E-state index in [9.17, 15) is 9.90 Å². The lowest BCUT2D eigenvalue weighted by atomic mass is 9.61. The van der Waals surface area contributed by atoms with Gasteiger partial charge in [0.25, 0.3) is 0 Å². The summed E-state index contributed by atoms with van der Waals surface area (Å²) < 4.78 is 0. The van der Waals surface area contributed by atoms with E-state index in [0.29, 0.717) is 12.3 Å². The number of nitrogens with zero attached hydrogens (tertiary/aromatic N) is 1. The van der Waals surface area contributed by atoms with E-state index in [4.69, 9.17) is 0 Å². The lowest BCUT2D eigenvalue weighted by molar-refractivity contribution is -0.145. The lowest BCUT2D eigenvalue weighted by Crippen LogP contribution is -2.59. The molecule has 0 aromatic heterocycles. The fourth-order valence-electron chi connectivity index (χ4n) is 3.73. The van der Waals surface area contributed by atoms with Gasteiger partial charge in [0.15, 0.2) is 0 Å². The first-order chi connectivity index (χ1) is 8.53. The molecule has 2 fully saturated rings. The Hall–Kier alpha value is -0.570. The highest BCUT2D eigenvalue weighted by molar-refractivity contribution is 5.68. The van der Waals surface area contributed by atoms with Gasteiger partial charge in [-0.1, -0.05) is 26.7 Å². The van der Waals surface area contributed by atoms with Crippen molar-refractivity contribution in [2.75, 3.05) is 13.1 Å². The van der Waals surface area contributed by atoms with E-state index in [2.05, 4.69) is 18.7 Å². The first-order valence-electron chi connectivity index (χ1n) is 7.50. The molecule has 3 nitrogen and oxygen atoms in total. The van der Waals surface area contributed by atoms with Crippen LogP contribution in [0.15, 0.2) is 0 Å².